The van der Waals surface area contributed by atoms with E-state index in [4.69, 9.17) is 30.7 Å². The first-order valence-corrected chi connectivity index (χ1v) is 22.3. The molecule has 5 fully saturated rings. The zero-order chi connectivity index (χ0) is 35.0. The number of amides is 1. The maximum absolute atomic E-state index is 12.1. The highest BCUT2D eigenvalue weighted by Crippen LogP contribution is 2.49. The molecule has 0 spiro atoms. The molecule has 4 saturated heterocycles. The quantitative estimate of drug-likeness (QED) is 0.268. The van der Waals surface area contributed by atoms with Gasteiger partial charge in [-0.3, -0.25) is 9.80 Å². The van der Waals surface area contributed by atoms with Crippen molar-refractivity contribution >= 4 is 37.5 Å². The zero-order valence-corrected chi connectivity index (χ0v) is 32.3. The third-order valence-corrected chi connectivity index (χ3v) is 18.2. The second kappa shape index (κ2) is 12.8. The van der Waals surface area contributed by atoms with Crippen molar-refractivity contribution in [2.24, 2.45) is 0 Å². The zero-order valence-electron chi connectivity index (χ0n) is 30.6. The predicted molar refractivity (Wildman–Crippen MR) is 199 cm³/mol. The van der Waals surface area contributed by atoms with Gasteiger partial charge in [-0.1, -0.05) is 38.4 Å². The molecule has 6 aliphatic rings. The molecular formula is C38H55ClN6O4Si. The average Bonchev–Trinajstić information content (AvgIpc) is 3.64. The Kier molecular flexibility index (Phi) is 8.83. The Labute approximate surface area is 303 Å². The molecule has 12 heteroatoms. The minimum atomic E-state index is -1.83. The van der Waals surface area contributed by atoms with Crippen LogP contribution >= 0.6 is 11.6 Å². The van der Waals surface area contributed by atoms with Crippen LogP contribution in [-0.4, -0.2) is 102 Å². The summed E-state index contributed by atoms with van der Waals surface area (Å²) in [4.78, 5) is 31.6. The number of nitrogens with zero attached hydrogens (tertiary/aromatic N) is 6. The van der Waals surface area contributed by atoms with E-state index in [2.05, 4.69) is 60.7 Å². The van der Waals surface area contributed by atoms with E-state index in [1.165, 1.54) is 36.1 Å². The maximum atomic E-state index is 12.1. The van der Waals surface area contributed by atoms with Crippen LogP contribution in [0.25, 0.3) is 0 Å². The van der Waals surface area contributed by atoms with Crippen LogP contribution in [0.15, 0.2) is 18.2 Å². The van der Waals surface area contributed by atoms with Crippen LogP contribution < -0.4 is 14.5 Å². The Hall–Kier alpha value is -2.60. The van der Waals surface area contributed by atoms with Crippen LogP contribution in [0.3, 0.4) is 0 Å². The third-order valence-electron chi connectivity index (χ3n) is 13.3. The highest BCUT2D eigenvalue weighted by molar-refractivity contribution is 6.74. The van der Waals surface area contributed by atoms with E-state index in [0.29, 0.717) is 44.2 Å². The van der Waals surface area contributed by atoms with Crippen molar-refractivity contribution in [1.29, 1.82) is 0 Å². The van der Waals surface area contributed by atoms with Gasteiger partial charge in [0.05, 0.1) is 29.9 Å². The first-order chi connectivity index (χ1) is 23.8. The first-order valence-electron chi connectivity index (χ1n) is 19.1. The first kappa shape index (κ1) is 34.5. The summed E-state index contributed by atoms with van der Waals surface area (Å²) in [6, 6.07) is 7.15. The summed E-state index contributed by atoms with van der Waals surface area (Å²) in [7, 11) is -1.83. The Morgan fingerprint density at radius 1 is 1.04 bits per heavy atom. The molecule has 2 aromatic rings. The van der Waals surface area contributed by atoms with Gasteiger partial charge in [-0.15, -0.1) is 0 Å². The van der Waals surface area contributed by atoms with Gasteiger partial charge in [0.1, 0.15) is 12.4 Å². The van der Waals surface area contributed by atoms with Crippen molar-refractivity contribution in [1.82, 2.24) is 19.8 Å². The molecule has 10 nitrogen and oxygen atoms in total. The number of rotatable bonds is 9. The van der Waals surface area contributed by atoms with Crippen molar-refractivity contribution in [3.05, 3.63) is 40.0 Å². The topological polar surface area (TPSA) is 94.5 Å². The summed E-state index contributed by atoms with van der Waals surface area (Å²) in [6.45, 7) is 16.9. The Morgan fingerprint density at radius 3 is 2.50 bits per heavy atom. The molecule has 1 amide bonds. The number of fused-ring (bicyclic) bond motifs is 4. The Morgan fingerprint density at radius 2 is 1.80 bits per heavy atom. The largest absolute Gasteiger partial charge is 0.465 e. The lowest BCUT2D eigenvalue weighted by atomic mass is 9.95. The van der Waals surface area contributed by atoms with Gasteiger partial charge in [-0.2, -0.15) is 9.97 Å². The van der Waals surface area contributed by atoms with E-state index < -0.39 is 14.4 Å². The monoisotopic (exact) mass is 722 g/mol. The molecule has 5 aliphatic heterocycles. The van der Waals surface area contributed by atoms with Crippen LogP contribution in [0.1, 0.15) is 94.9 Å². The van der Waals surface area contributed by atoms with E-state index in [0.717, 1.165) is 74.8 Å². The number of hydrogen-bond donors (Lipinski definition) is 1. The third kappa shape index (κ3) is 6.17. The van der Waals surface area contributed by atoms with Crippen LogP contribution in [-0.2, 0) is 17.4 Å². The lowest BCUT2D eigenvalue weighted by molar-refractivity contribution is 0.0660. The fourth-order valence-electron chi connectivity index (χ4n) is 9.40. The molecule has 0 radical (unpaired) electrons. The van der Waals surface area contributed by atoms with E-state index in [1.807, 2.05) is 6.07 Å². The summed E-state index contributed by atoms with van der Waals surface area (Å²) in [6.07, 6.45) is 8.72. The summed E-state index contributed by atoms with van der Waals surface area (Å²) in [5.41, 5.74) is 4.67. The summed E-state index contributed by atoms with van der Waals surface area (Å²) < 4.78 is 13.5. The second-order valence-corrected chi connectivity index (χ2v) is 22.6. The molecule has 272 valence electrons. The summed E-state index contributed by atoms with van der Waals surface area (Å²) in [5, 5.41) is 11.0. The highest BCUT2D eigenvalue weighted by atomic mass is 35.5. The lowest BCUT2D eigenvalue weighted by Gasteiger charge is -2.42. The van der Waals surface area contributed by atoms with Crippen LogP contribution in [0.5, 0.6) is 6.01 Å². The minimum absolute atomic E-state index is 0.0104. The molecule has 1 aromatic carbocycles. The van der Waals surface area contributed by atoms with Gasteiger partial charge in [-0.05, 0) is 106 Å². The highest BCUT2D eigenvalue weighted by Gasteiger charge is 2.51. The van der Waals surface area contributed by atoms with Gasteiger partial charge in [0.15, 0.2) is 8.32 Å². The summed E-state index contributed by atoms with van der Waals surface area (Å²) >= 11 is 6.79. The van der Waals surface area contributed by atoms with Gasteiger partial charge in [-0.25, -0.2) is 4.79 Å². The van der Waals surface area contributed by atoms with Crippen molar-refractivity contribution < 1.29 is 19.1 Å². The fraction of sp³-hybridized carbons (Fsp3) is 0.711. The molecule has 2 unspecified atom stereocenters. The van der Waals surface area contributed by atoms with E-state index in [1.54, 1.807) is 4.90 Å². The standard InChI is InChI=1S/C38H55ClN6O4Si/c1-37(2,3)50(4,5)49-23-28-14-17-38(16-7-18-44(28)38)24-48-35-40-31-22-42(32-9-6-8-30(39)33(32)25-10-11-25)19-15-29(31)34(41-35)43-20-26-12-13-27(21-43)45(26)36(46)47/h6,8-9,25-28H,7,10-24H2,1-5H3,(H,46,47)/t26-,27+,28?,38?. The number of ether oxygens (including phenoxy) is 1. The number of halogens is 1. The number of carbonyl (C=O) groups is 1. The van der Waals surface area contributed by atoms with Crippen molar-refractivity contribution in [3.63, 3.8) is 0 Å². The maximum Gasteiger partial charge on any atom is 0.407 e. The van der Waals surface area contributed by atoms with Crippen LogP contribution in [0, 0.1) is 0 Å². The lowest BCUT2D eigenvalue weighted by Crippen LogP contribution is -2.56. The molecule has 1 saturated carbocycles. The Bertz CT molecular complexity index is 1620. The van der Waals surface area contributed by atoms with E-state index in [-0.39, 0.29) is 22.7 Å². The van der Waals surface area contributed by atoms with Gasteiger partial charge >= 0.3 is 12.1 Å². The number of piperazine rings is 1. The smallest absolute Gasteiger partial charge is 0.407 e. The van der Waals surface area contributed by atoms with Crippen molar-refractivity contribution in [3.8, 4) is 6.01 Å². The van der Waals surface area contributed by atoms with Gasteiger partial charge in [0.2, 0.25) is 0 Å². The number of aromatic nitrogens is 2. The molecule has 2 bridgehead atoms. The average molecular weight is 723 g/mol. The van der Waals surface area contributed by atoms with Gasteiger partial charge in [0.25, 0.3) is 0 Å². The fourth-order valence-corrected chi connectivity index (χ4v) is 10.8. The molecular weight excluding hydrogens is 668 g/mol. The summed E-state index contributed by atoms with van der Waals surface area (Å²) in [5.74, 6) is 1.48. The molecule has 1 aromatic heterocycles. The van der Waals surface area contributed by atoms with E-state index in [9.17, 15) is 9.90 Å². The number of carboxylic acid groups (broad SMARTS) is 1. The van der Waals surface area contributed by atoms with Crippen LogP contribution in [0.2, 0.25) is 23.2 Å². The molecule has 1 aliphatic carbocycles. The number of hydrogen-bond acceptors (Lipinski definition) is 8. The molecule has 8 rings (SSSR count). The van der Waals surface area contributed by atoms with Gasteiger partial charge in [0, 0.05) is 48.6 Å². The Balaban J connectivity index is 1.06. The second-order valence-electron chi connectivity index (χ2n) is 17.4. The molecule has 50 heavy (non-hydrogen) atoms. The predicted octanol–water partition coefficient (Wildman–Crippen LogP) is 7.30. The molecule has 1 N–H and O–H groups in total. The number of benzene rings is 1. The molecule has 6 heterocycles. The van der Waals surface area contributed by atoms with Gasteiger partial charge < -0.3 is 24.1 Å². The van der Waals surface area contributed by atoms with E-state index >= 15 is 0 Å². The van der Waals surface area contributed by atoms with Crippen molar-refractivity contribution in [2.45, 2.75) is 133 Å². The minimum Gasteiger partial charge on any atom is -0.465 e. The SMILES string of the molecule is CC(C)(C)[Si](C)(C)OCC1CCC2(COc3nc4c(c(N5C[C@H]6CC[C@@H](C5)N6C(=O)O)n3)CCN(c3cccc(Cl)c3C3CC3)C4)CCCN12. The number of anilines is 2. The normalized spacial score (nSPS) is 28.3. The van der Waals surface area contributed by atoms with Crippen LogP contribution in [0.4, 0.5) is 16.3 Å². The van der Waals surface area contributed by atoms with Crippen molar-refractivity contribution in [2.75, 3.05) is 49.2 Å². The molecule has 4 atom stereocenters.